The highest BCUT2D eigenvalue weighted by Gasteiger charge is 2.09. The lowest BCUT2D eigenvalue weighted by atomic mass is 10.1. The minimum absolute atomic E-state index is 0.596. The first-order valence-corrected chi connectivity index (χ1v) is 6.34. The number of ether oxygens (including phenoxy) is 2. The van der Waals surface area contributed by atoms with Gasteiger partial charge in [0, 0.05) is 17.7 Å². The highest BCUT2D eigenvalue weighted by molar-refractivity contribution is 5.64. The second-order valence-electron chi connectivity index (χ2n) is 4.12. The molecule has 102 valence electrons. The number of aromatic nitrogens is 2. The number of benzene rings is 1. The zero-order valence-corrected chi connectivity index (χ0v) is 11.3. The summed E-state index contributed by atoms with van der Waals surface area (Å²) in [5.74, 6) is 1.45. The van der Waals surface area contributed by atoms with Crippen molar-refractivity contribution in [3.05, 3.63) is 30.0 Å². The summed E-state index contributed by atoms with van der Waals surface area (Å²) in [5.41, 5.74) is 8.43. The first-order valence-electron chi connectivity index (χ1n) is 6.34. The van der Waals surface area contributed by atoms with Crippen LogP contribution in [0.25, 0.3) is 11.3 Å². The normalized spacial score (nSPS) is 10.5. The Hall–Kier alpha value is -2.01. The van der Waals surface area contributed by atoms with E-state index >= 15 is 0 Å². The molecule has 0 saturated heterocycles. The molecule has 0 radical (unpaired) electrons. The molecule has 5 heteroatoms. The van der Waals surface area contributed by atoms with Crippen LogP contribution >= 0.6 is 0 Å². The van der Waals surface area contributed by atoms with Crippen molar-refractivity contribution < 1.29 is 9.47 Å². The largest absolute Gasteiger partial charge is 0.493 e. The molecule has 0 aliphatic heterocycles. The molecule has 0 unspecified atom stereocenters. The van der Waals surface area contributed by atoms with Crippen molar-refractivity contribution in [3.8, 4) is 22.8 Å². The van der Waals surface area contributed by atoms with Gasteiger partial charge in [0.05, 0.1) is 19.4 Å². The van der Waals surface area contributed by atoms with Crippen LogP contribution in [-0.2, 0) is 6.42 Å². The molecule has 0 aliphatic rings. The van der Waals surface area contributed by atoms with E-state index in [0.717, 1.165) is 34.9 Å². The Labute approximate surface area is 112 Å². The fourth-order valence-corrected chi connectivity index (χ4v) is 1.90. The van der Waals surface area contributed by atoms with Gasteiger partial charge in [-0.05, 0) is 37.7 Å². The molecule has 3 N–H and O–H groups in total. The fraction of sp³-hybridized carbons (Fsp3) is 0.357. The first kappa shape index (κ1) is 13.4. The summed E-state index contributed by atoms with van der Waals surface area (Å²) in [6.45, 7) is 3.15. The maximum Gasteiger partial charge on any atom is 0.161 e. The third-order valence-electron chi connectivity index (χ3n) is 2.80. The topological polar surface area (TPSA) is 73.2 Å². The maximum absolute atomic E-state index is 5.56. The quantitative estimate of drug-likeness (QED) is 0.834. The Bertz CT molecular complexity index is 537. The number of methoxy groups -OCH3 is 1. The van der Waals surface area contributed by atoms with Gasteiger partial charge in [0.1, 0.15) is 0 Å². The molecule has 1 aromatic heterocycles. The lowest BCUT2D eigenvalue weighted by Crippen LogP contribution is -2.02. The van der Waals surface area contributed by atoms with E-state index in [2.05, 4.69) is 10.2 Å². The van der Waals surface area contributed by atoms with Crippen LogP contribution < -0.4 is 15.2 Å². The van der Waals surface area contributed by atoms with Crippen molar-refractivity contribution >= 4 is 0 Å². The standard InChI is InChI=1S/C14H19N3O2/c1-3-19-14-8-10(4-5-13(14)18-2)12-9-11(6-7-15)16-17-12/h4-5,8-9H,3,6-7,15H2,1-2H3,(H,16,17). The Morgan fingerprint density at radius 3 is 2.79 bits per heavy atom. The molecule has 0 saturated carbocycles. The van der Waals surface area contributed by atoms with E-state index < -0.39 is 0 Å². The lowest BCUT2D eigenvalue weighted by Gasteiger charge is -2.10. The predicted octanol–water partition coefficient (Wildman–Crippen LogP) is 1.99. The molecule has 0 atom stereocenters. The minimum Gasteiger partial charge on any atom is -0.493 e. The summed E-state index contributed by atoms with van der Waals surface area (Å²) >= 11 is 0. The third kappa shape index (κ3) is 3.06. The summed E-state index contributed by atoms with van der Waals surface area (Å²) < 4.78 is 10.8. The molecule has 0 fully saturated rings. The zero-order valence-electron chi connectivity index (χ0n) is 11.3. The van der Waals surface area contributed by atoms with Gasteiger partial charge < -0.3 is 15.2 Å². The zero-order chi connectivity index (χ0) is 13.7. The van der Waals surface area contributed by atoms with Crippen molar-refractivity contribution in [2.75, 3.05) is 20.3 Å². The smallest absolute Gasteiger partial charge is 0.161 e. The molecule has 1 heterocycles. The summed E-state index contributed by atoms with van der Waals surface area (Å²) in [6, 6.07) is 7.79. The van der Waals surface area contributed by atoms with E-state index in [9.17, 15) is 0 Å². The Morgan fingerprint density at radius 1 is 1.26 bits per heavy atom. The minimum atomic E-state index is 0.596. The monoisotopic (exact) mass is 261 g/mol. The van der Waals surface area contributed by atoms with Gasteiger partial charge in [-0.15, -0.1) is 0 Å². The Kier molecular flexibility index (Phi) is 4.41. The van der Waals surface area contributed by atoms with Gasteiger partial charge in [-0.1, -0.05) is 0 Å². The Morgan fingerprint density at radius 2 is 2.11 bits per heavy atom. The molecule has 0 spiro atoms. The maximum atomic E-state index is 5.56. The van der Waals surface area contributed by atoms with Gasteiger partial charge in [0.25, 0.3) is 0 Å². The van der Waals surface area contributed by atoms with Crippen LogP contribution in [0.5, 0.6) is 11.5 Å². The van der Waals surface area contributed by atoms with E-state index in [1.54, 1.807) is 7.11 Å². The summed E-state index contributed by atoms with van der Waals surface area (Å²) in [6.07, 6.45) is 0.793. The number of nitrogens with two attached hydrogens (primary N) is 1. The van der Waals surface area contributed by atoms with Crippen LogP contribution in [0.2, 0.25) is 0 Å². The first-order chi connectivity index (χ1) is 9.28. The molecule has 0 amide bonds. The number of nitrogens with one attached hydrogen (secondary N) is 1. The average Bonchev–Trinajstić information content (AvgIpc) is 2.88. The molecule has 0 bridgehead atoms. The van der Waals surface area contributed by atoms with Gasteiger partial charge in [-0.2, -0.15) is 5.10 Å². The highest BCUT2D eigenvalue weighted by Crippen LogP contribution is 2.32. The van der Waals surface area contributed by atoms with Gasteiger partial charge >= 0.3 is 0 Å². The number of aromatic amines is 1. The Balaban J connectivity index is 2.30. The molecular formula is C14H19N3O2. The van der Waals surface area contributed by atoms with Crippen molar-refractivity contribution in [1.82, 2.24) is 10.2 Å². The highest BCUT2D eigenvalue weighted by atomic mass is 16.5. The van der Waals surface area contributed by atoms with Gasteiger partial charge in [-0.25, -0.2) is 0 Å². The van der Waals surface area contributed by atoms with E-state index in [1.165, 1.54) is 0 Å². The van der Waals surface area contributed by atoms with Gasteiger partial charge in [0.2, 0.25) is 0 Å². The van der Waals surface area contributed by atoms with Crippen LogP contribution in [0.1, 0.15) is 12.6 Å². The summed E-state index contributed by atoms with van der Waals surface area (Å²) in [5, 5.41) is 7.27. The van der Waals surface area contributed by atoms with E-state index in [1.807, 2.05) is 31.2 Å². The van der Waals surface area contributed by atoms with Crippen LogP contribution in [0, 0.1) is 0 Å². The molecule has 2 aromatic rings. The fourth-order valence-electron chi connectivity index (χ4n) is 1.90. The van der Waals surface area contributed by atoms with E-state index in [4.69, 9.17) is 15.2 Å². The van der Waals surface area contributed by atoms with Crippen molar-refractivity contribution in [2.45, 2.75) is 13.3 Å². The lowest BCUT2D eigenvalue weighted by molar-refractivity contribution is 0.311. The third-order valence-corrected chi connectivity index (χ3v) is 2.80. The van der Waals surface area contributed by atoms with Gasteiger partial charge in [-0.3, -0.25) is 5.10 Å². The molecule has 0 aliphatic carbocycles. The number of hydrogen-bond donors (Lipinski definition) is 2. The number of rotatable bonds is 6. The van der Waals surface area contributed by atoms with Crippen LogP contribution in [0.3, 0.4) is 0 Å². The van der Waals surface area contributed by atoms with E-state index in [0.29, 0.717) is 13.2 Å². The second-order valence-corrected chi connectivity index (χ2v) is 4.12. The average molecular weight is 261 g/mol. The van der Waals surface area contributed by atoms with Crippen LogP contribution in [0.4, 0.5) is 0 Å². The number of H-pyrrole nitrogens is 1. The molecule has 5 nitrogen and oxygen atoms in total. The van der Waals surface area contributed by atoms with Crippen molar-refractivity contribution in [3.63, 3.8) is 0 Å². The van der Waals surface area contributed by atoms with Gasteiger partial charge in [0.15, 0.2) is 11.5 Å². The number of hydrogen-bond acceptors (Lipinski definition) is 4. The molecule has 1 aromatic carbocycles. The van der Waals surface area contributed by atoms with Crippen LogP contribution in [-0.4, -0.2) is 30.5 Å². The number of nitrogens with zero attached hydrogens (tertiary/aromatic N) is 1. The van der Waals surface area contributed by atoms with Crippen molar-refractivity contribution in [2.24, 2.45) is 5.73 Å². The summed E-state index contributed by atoms with van der Waals surface area (Å²) in [4.78, 5) is 0. The van der Waals surface area contributed by atoms with Crippen molar-refractivity contribution in [1.29, 1.82) is 0 Å². The SMILES string of the molecule is CCOc1cc(-c2cc(CCN)[nH]n2)ccc1OC. The summed E-state index contributed by atoms with van der Waals surface area (Å²) in [7, 11) is 1.63. The van der Waals surface area contributed by atoms with E-state index in [-0.39, 0.29) is 0 Å². The molecule has 2 rings (SSSR count). The molecular weight excluding hydrogens is 242 g/mol. The predicted molar refractivity (Wildman–Crippen MR) is 74.5 cm³/mol. The van der Waals surface area contributed by atoms with Crippen LogP contribution in [0.15, 0.2) is 24.3 Å². The molecule has 19 heavy (non-hydrogen) atoms. The second kappa shape index (κ2) is 6.24.